The Morgan fingerprint density at radius 2 is 1.77 bits per heavy atom. The first-order chi connectivity index (χ1) is 18.7. The van der Waals surface area contributed by atoms with Crippen LogP contribution in [0.3, 0.4) is 0 Å². The average Bonchev–Trinajstić information content (AvgIpc) is 3.22. The van der Waals surface area contributed by atoms with Crippen molar-refractivity contribution in [1.29, 1.82) is 5.41 Å². The largest absolute Gasteiger partial charge is 0.443 e. The van der Waals surface area contributed by atoms with E-state index in [4.69, 9.17) is 15.9 Å². The molecule has 5 rings (SSSR count). The van der Waals surface area contributed by atoms with Gasteiger partial charge in [0.1, 0.15) is 5.60 Å². The maximum absolute atomic E-state index is 13.7. The number of aromatic nitrogens is 3. The molecule has 8 heteroatoms. The number of rotatable bonds is 6. The summed E-state index contributed by atoms with van der Waals surface area (Å²) in [6.07, 6.45) is 9.00. The third-order valence-corrected chi connectivity index (χ3v) is 7.42. The molecule has 3 N–H and O–H groups in total. The molecule has 8 nitrogen and oxygen atoms in total. The van der Waals surface area contributed by atoms with Crippen molar-refractivity contribution < 1.29 is 9.53 Å². The van der Waals surface area contributed by atoms with E-state index in [1.54, 1.807) is 30.2 Å². The Kier molecular flexibility index (Phi) is 6.80. The Balaban J connectivity index is 1.74. The van der Waals surface area contributed by atoms with Crippen molar-refractivity contribution in [3.63, 3.8) is 0 Å². The minimum Gasteiger partial charge on any atom is -0.443 e. The standard InChI is InChI=1S/C31H34N6O2/c1-30(2,3)39-29(38)37-25-9-6-5-8-24(25)26(27(37)21(16-32)17-34-4)31(14-7-15-31)23-12-10-20(11-13-23)22-18-35-28(33)36-19-22/h5-6,8-13,16-19,21,32H,7,14-15H2,1-4H3,(H2,33,35,36). The summed E-state index contributed by atoms with van der Waals surface area (Å²) in [5.74, 6) is -0.248. The molecule has 1 aliphatic carbocycles. The van der Waals surface area contributed by atoms with Gasteiger partial charge in [0.25, 0.3) is 0 Å². The molecule has 0 bridgehead atoms. The Morgan fingerprint density at radius 1 is 1.10 bits per heavy atom. The van der Waals surface area contributed by atoms with Crippen LogP contribution in [0.25, 0.3) is 22.0 Å². The van der Waals surface area contributed by atoms with Crippen LogP contribution in [-0.4, -0.2) is 45.7 Å². The van der Waals surface area contributed by atoms with Crippen molar-refractivity contribution in [2.45, 2.75) is 57.0 Å². The fourth-order valence-corrected chi connectivity index (χ4v) is 5.62. The number of nitrogens with zero attached hydrogens (tertiary/aromatic N) is 4. The molecule has 1 fully saturated rings. The van der Waals surface area contributed by atoms with Crippen LogP contribution in [0.15, 0.2) is 65.9 Å². The van der Waals surface area contributed by atoms with E-state index in [2.05, 4.69) is 45.3 Å². The second kappa shape index (κ2) is 10.1. The van der Waals surface area contributed by atoms with E-state index in [1.807, 2.05) is 39.0 Å². The number of aliphatic imine (C=N–C) groups is 1. The summed E-state index contributed by atoms with van der Waals surface area (Å²) in [6.45, 7) is 5.58. The summed E-state index contributed by atoms with van der Waals surface area (Å²) in [6, 6.07) is 16.4. The lowest BCUT2D eigenvalue weighted by Gasteiger charge is -2.44. The van der Waals surface area contributed by atoms with Crippen LogP contribution in [0.2, 0.25) is 0 Å². The van der Waals surface area contributed by atoms with Gasteiger partial charge < -0.3 is 15.9 Å². The second-order valence-electron chi connectivity index (χ2n) is 11.0. The van der Waals surface area contributed by atoms with Crippen molar-refractivity contribution in [2.75, 3.05) is 12.8 Å². The summed E-state index contributed by atoms with van der Waals surface area (Å²) in [5, 5.41) is 9.30. The normalized spacial score (nSPS) is 15.7. The minimum atomic E-state index is -0.672. The molecule has 0 radical (unpaired) electrons. The molecule has 1 saturated carbocycles. The summed E-state index contributed by atoms with van der Waals surface area (Å²) >= 11 is 0. The van der Waals surface area contributed by atoms with E-state index < -0.39 is 17.6 Å². The first kappa shape index (κ1) is 26.3. The highest BCUT2D eigenvalue weighted by Crippen LogP contribution is 2.54. The monoisotopic (exact) mass is 522 g/mol. The smallest absolute Gasteiger partial charge is 0.419 e. The zero-order valence-corrected chi connectivity index (χ0v) is 22.8. The summed E-state index contributed by atoms with van der Waals surface area (Å²) < 4.78 is 7.55. The number of carbonyl (C=O) groups excluding carboxylic acids is 1. The van der Waals surface area contributed by atoms with Gasteiger partial charge in [-0.1, -0.05) is 48.9 Å². The van der Waals surface area contributed by atoms with Crippen LogP contribution >= 0.6 is 0 Å². The molecule has 200 valence electrons. The van der Waals surface area contributed by atoms with E-state index in [9.17, 15) is 4.79 Å². The molecule has 2 aromatic heterocycles. The van der Waals surface area contributed by atoms with Crippen LogP contribution in [0.4, 0.5) is 10.7 Å². The van der Waals surface area contributed by atoms with Crippen LogP contribution in [0.1, 0.15) is 62.8 Å². The average molecular weight is 523 g/mol. The molecule has 1 unspecified atom stereocenters. The van der Waals surface area contributed by atoms with E-state index in [1.165, 1.54) is 11.8 Å². The predicted molar refractivity (Wildman–Crippen MR) is 156 cm³/mol. The number of nitrogens with one attached hydrogen (secondary N) is 1. The van der Waals surface area contributed by atoms with Gasteiger partial charge in [-0.3, -0.25) is 4.99 Å². The van der Waals surface area contributed by atoms with E-state index in [-0.39, 0.29) is 11.4 Å². The summed E-state index contributed by atoms with van der Waals surface area (Å²) in [4.78, 5) is 26.2. The molecular formula is C31H34N6O2. The SMILES string of the molecule is CN=CC(C=N)c1c(C2(c3ccc(-c4cnc(N)nc4)cc3)CCC2)c2ccccc2n1C(=O)OC(C)(C)C. The number of carbonyl (C=O) groups is 1. The van der Waals surface area contributed by atoms with Crippen LogP contribution in [-0.2, 0) is 10.2 Å². The molecule has 1 aliphatic rings. The van der Waals surface area contributed by atoms with Gasteiger partial charge in [-0.15, -0.1) is 0 Å². The van der Waals surface area contributed by atoms with Gasteiger partial charge in [0.15, 0.2) is 0 Å². The zero-order chi connectivity index (χ0) is 27.8. The van der Waals surface area contributed by atoms with Gasteiger partial charge in [-0.2, -0.15) is 0 Å². The summed E-state index contributed by atoms with van der Waals surface area (Å²) in [5.41, 5.74) is 10.3. The van der Waals surface area contributed by atoms with Gasteiger partial charge in [0.05, 0.1) is 11.4 Å². The number of anilines is 1. The van der Waals surface area contributed by atoms with Crippen molar-refractivity contribution in [2.24, 2.45) is 4.99 Å². The Labute approximate surface area is 228 Å². The lowest BCUT2D eigenvalue weighted by atomic mass is 9.59. The number of nitrogens with two attached hydrogens (primary N) is 1. The molecular weight excluding hydrogens is 488 g/mol. The first-order valence-corrected chi connectivity index (χ1v) is 13.2. The molecule has 0 amide bonds. The van der Waals surface area contributed by atoms with Gasteiger partial charge in [-0.25, -0.2) is 19.3 Å². The number of para-hydroxylation sites is 1. The van der Waals surface area contributed by atoms with Crippen molar-refractivity contribution in [1.82, 2.24) is 14.5 Å². The number of benzene rings is 2. The number of fused-ring (bicyclic) bond motifs is 1. The Bertz CT molecular complexity index is 1540. The fraction of sp³-hybridized carbons (Fsp3) is 0.323. The molecule has 2 aromatic carbocycles. The summed E-state index contributed by atoms with van der Waals surface area (Å²) in [7, 11) is 1.69. The highest BCUT2D eigenvalue weighted by atomic mass is 16.6. The van der Waals surface area contributed by atoms with Crippen molar-refractivity contribution in [3.8, 4) is 11.1 Å². The van der Waals surface area contributed by atoms with Crippen molar-refractivity contribution in [3.05, 3.63) is 77.7 Å². The van der Waals surface area contributed by atoms with Gasteiger partial charge >= 0.3 is 6.09 Å². The van der Waals surface area contributed by atoms with Gasteiger partial charge in [0.2, 0.25) is 5.95 Å². The molecule has 39 heavy (non-hydrogen) atoms. The maximum Gasteiger partial charge on any atom is 0.419 e. The number of nitrogen functional groups attached to an aromatic ring is 1. The Morgan fingerprint density at radius 3 is 2.33 bits per heavy atom. The van der Waals surface area contributed by atoms with Crippen LogP contribution < -0.4 is 5.73 Å². The zero-order valence-electron chi connectivity index (χ0n) is 22.8. The second-order valence-corrected chi connectivity index (χ2v) is 11.0. The molecule has 2 heterocycles. The molecule has 4 aromatic rings. The van der Waals surface area contributed by atoms with Crippen molar-refractivity contribution >= 4 is 35.4 Å². The maximum atomic E-state index is 13.7. The predicted octanol–water partition coefficient (Wildman–Crippen LogP) is 6.37. The van der Waals surface area contributed by atoms with E-state index in [0.717, 1.165) is 52.5 Å². The molecule has 0 spiro atoms. The fourth-order valence-electron chi connectivity index (χ4n) is 5.62. The van der Waals surface area contributed by atoms with Crippen LogP contribution in [0, 0.1) is 5.41 Å². The van der Waals surface area contributed by atoms with Gasteiger partial charge in [0, 0.05) is 53.9 Å². The minimum absolute atomic E-state index is 0.245. The first-order valence-electron chi connectivity index (χ1n) is 13.2. The highest BCUT2D eigenvalue weighted by molar-refractivity contribution is 6.00. The lowest BCUT2D eigenvalue weighted by Crippen LogP contribution is -2.37. The highest BCUT2D eigenvalue weighted by Gasteiger charge is 2.46. The Hall–Kier alpha value is -4.33. The third-order valence-electron chi connectivity index (χ3n) is 7.42. The topological polar surface area (TPSA) is 119 Å². The molecule has 1 atom stereocenters. The quantitative estimate of drug-likeness (QED) is 0.285. The molecule has 0 saturated heterocycles. The van der Waals surface area contributed by atoms with E-state index in [0.29, 0.717) is 0 Å². The lowest BCUT2D eigenvalue weighted by molar-refractivity contribution is 0.0540. The van der Waals surface area contributed by atoms with E-state index >= 15 is 0 Å². The van der Waals surface area contributed by atoms with Gasteiger partial charge in [-0.05, 0) is 56.4 Å². The third kappa shape index (κ3) is 4.71. The number of hydrogen-bond donors (Lipinski definition) is 2. The number of ether oxygens (including phenoxy) is 1. The van der Waals surface area contributed by atoms with Crippen LogP contribution in [0.5, 0.6) is 0 Å². The molecule has 0 aliphatic heterocycles. The number of hydrogen-bond acceptors (Lipinski definition) is 7.